The molecular weight excluding hydrogens is 542 g/mol. The third-order valence-electron chi connectivity index (χ3n) is 6.22. The topological polar surface area (TPSA) is 3.24 Å². The van der Waals surface area contributed by atoms with Gasteiger partial charge in [0.15, 0.2) is 17.5 Å². The Morgan fingerprint density at radius 3 is 1.61 bits per heavy atom. The first-order valence-electron chi connectivity index (χ1n) is 12.6. The van der Waals surface area contributed by atoms with Gasteiger partial charge in [0.25, 0.3) is 0 Å². The molecule has 1 nitrogen and oxygen atoms in total. The summed E-state index contributed by atoms with van der Waals surface area (Å²) < 4.78 is 171. The molecule has 0 fully saturated rings. The first-order valence-corrected chi connectivity index (χ1v) is 12.6. The van der Waals surface area contributed by atoms with E-state index < -0.39 is 89.5 Å². The zero-order valence-corrected chi connectivity index (χ0v) is 21.3. The van der Waals surface area contributed by atoms with E-state index in [1.165, 1.54) is 0 Å². The van der Waals surface area contributed by atoms with Gasteiger partial charge >= 0.3 is 24.1 Å². The van der Waals surface area contributed by atoms with Crippen molar-refractivity contribution in [3.63, 3.8) is 0 Å². The molecule has 0 N–H and O–H groups in total. The molecule has 0 spiro atoms. The van der Waals surface area contributed by atoms with E-state index in [4.69, 9.17) is 0 Å². The molecule has 0 radical (unpaired) electrons. The Morgan fingerprint density at radius 2 is 1.11 bits per heavy atom. The number of benzene rings is 1. The molecule has 1 aromatic rings. The Bertz CT molecular complexity index is 867. The molecule has 38 heavy (non-hydrogen) atoms. The van der Waals surface area contributed by atoms with E-state index in [9.17, 15) is 43.9 Å². The van der Waals surface area contributed by atoms with Crippen molar-refractivity contribution in [3.8, 4) is 0 Å². The number of alkyl halides is 9. The summed E-state index contributed by atoms with van der Waals surface area (Å²) in [5.41, 5.74) is -5.02. The van der Waals surface area contributed by atoms with Gasteiger partial charge in [-0.2, -0.15) is 39.5 Å². The van der Waals surface area contributed by atoms with Crippen molar-refractivity contribution in [3.05, 3.63) is 29.1 Å². The highest BCUT2D eigenvalue weighted by Crippen LogP contribution is 2.51. The van der Waals surface area contributed by atoms with E-state index in [2.05, 4.69) is 0 Å². The fourth-order valence-corrected chi connectivity index (χ4v) is 4.00. The van der Waals surface area contributed by atoms with Crippen molar-refractivity contribution in [1.29, 1.82) is 0 Å². The summed E-state index contributed by atoms with van der Waals surface area (Å²) in [7, 11) is 0. The third-order valence-corrected chi connectivity index (χ3v) is 6.22. The van der Waals surface area contributed by atoms with Crippen LogP contribution in [0.2, 0.25) is 0 Å². The monoisotopic (exact) mass is 575 g/mol. The van der Waals surface area contributed by atoms with E-state index in [-0.39, 0.29) is 12.8 Å². The molecule has 0 aliphatic heterocycles. The summed E-state index contributed by atoms with van der Waals surface area (Å²) in [6, 6.07) is -6.41. The fraction of sp³-hybridized carbons (Fsp3) is 0.760. The smallest absolute Gasteiger partial charge is 0.305 e. The minimum absolute atomic E-state index is 0.0300. The molecule has 1 aromatic carbocycles. The summed E-state index contributed by atoms with van der Waals surface area (Å²) in [4.78, 5) is -0.994. The van der Waals surface area contributed by atoms with Gasteiger partial charge in [0.05, 0.1) is 5.69 Å². The molecule has 0 bridgehead atoms. The molecule has 1 rings (SSSR count). The van der Waals surface area contributed by atoms with Crippen LogP contribution >= 0.6 is 0 Å². The summed E-state index contributed by atoms with van der Waals surface area (Å²) in [5.74, 6) is -19.6. The molecule has 0 amide bonds. The van der Waals surface area contributed by atoms with E-state index >= 15 is 8.78 Å². The fourth-order valence-electron chi connectivity index (χ4n) is 4.00. The van der Waals surface area contributed by atoms with Crippen molar-refractivity contribution in [2.75, 3.05) is 11.4 Å². The maximum atomic E-state index is 15.2. The Labute approximate surface area is 214 Å². The zero-order chi connectivity index (χ0) is 29.4. The maximum Gasteiger partial charge on any atom is 0.422 e. The number of anilines is 1. The number of nitrogens with zero attached hydrogens (tertiary/aromatic N) is 1. The average molecular weight is 576 g/mol. The molecule has 0 atom stereocenters. The molecule has 0 saturated heterocycles. The summed E-state index contributed by atoms with van der Waals surface area (Å²) >= 11 is 0. The number of hydrogen-bond acceptors (Lipinski definition) is 1. The maximum absolute atomic E-state index is 15.2. The van der Waals surface area contributed by atoms with Crippen LogP contribution in [0.3, 0.4) is 0 Å². The van der Waals surface area contributed by atoms with Crippen LogP contribution in [-0.2, 0) is 6.18 Å². The van der Waals surface area contributed by atoms with Crippen molar-refractivity contribution in [1.82, 2.24) is 0 Å². The van der Waals surface area contributed by atoms with Crippen molar-refractivity contribution < 1.29 is 52.7 Å². The molecule has 0 aromatic heterocycles. The van der Waals surface area contributed by atoms with Crippen LogP contribution in [0.25, 0.3) is 0 Å². The van der Waals surface area contributed by atoms with E-state index in [0.29, 0.717) is 25.7 Å². The van der Waals surface area contributed by atoms with Gasteiger partial charge in [-0.1, -0.05) is 71.6 Å². The van der Waals surface area contributed by atoms with Crippen LogP contribution in [0, 0.1) is 17.5 Å². The lowest BCUT2D eigenvalue weighted by molar-refractivity contribution is -0.310. The molecule has 13 heteroatoms. The Balaban J connectivity index is 3.49. The second-order valence-corrected chi connectivity index (χ2v) is 9.28. The van der Waals surface area contributed by atoms with Gasteiger partial charge in [0.1, 0.15) is 5.56 Å². The number of rotatable bonds is 17. The largest absolute Gasteiger partial charge is 0.422 e. The normalized spacial score (nSPS) is 13.3. The lowest BCUT2D eigenvalue weighted by Crippen LogP contribution is -2.63. The third kappa shape index (κ3) is 8.09. The molecule has 0 aliphatic carbocycles. The minimum atomic E-state index is -6.19. The van der Waals surface area contributed by atoms with Gasteiger partial charge in [0, 0.05) is 19.0 Å². The molecular formula is C25H33F12N. The summed E-state index contributed by atoms with van der Waals surface area (Å²) in [6.45, 7) is 2.29. The van der Waals surface area contributed by atoms with Gasteiger partial charge in [-0.3, -0.25) is 0 Å². The van der Waals surface area contributed by atoms with Gasteiger partial charge in [-0.25, -0.2) is 13.2 Å². The Morgan fingerprint density at radius 1 is 0.632 bits per heavy atom. The quantitative estimate of drug-likeness (QED) is 0.0773. The first kappa shape index (κ1) is 34.2. The molecule has 0 unspecified atom stereocenters. The van der Waals surface area contributed by atoms with Crippen LogP contribution in [0.4, 0.5) is 58.4 Å². The zero-order valence-electron chi connectivity index (χ0n) is 21.3. The summed E-state index contributed by atoms with van der Waals surface area (Å²) in [6.07, 6.45) is -4.15. The molecule has 0 aliphatic rings. The highest BCUT2D eigenvalue weighted by molar-refractivity contribution is 5.54. The number of halogens is 12. The van der Waals surface area contributed by atoms with Crippen molar-refractivity contribution in [2.24, 2.45) is 0 Å². The van der Waals surface area contributed by atoms with Gasteiger partial charge < -0.3 is 4.90 Å². The second kappa shape index (κ2) is 14.0. The number of hydrogen-bond donors (Lipinski definition) is 0. The van der Waals surface area contributed by atoms with Crippen LogP contribution < -0.4 is 4.90 Å². The van der Waals surface area contributed by atoms with E-state index in [0.717, 1.165) is 19.3 Å². The first-order chi connectivity index (χ1) is 17.5. The van der Waals surface area contributed by atoms with E-state index in [1.54, 1.807) is 6.92 Å². The van der Waals surface area contributed by atoms with E-state index in [1.807, 2.05) is 6.92 Å². The molecule has 0 saturated carbocycles. The SMILES string of the molecule is CCCCCCCCCN(c1cc(F)c(F)c(C(F)(F)F)c1F)C(F)(F)C(F)(F)C(F)(F)CCCCCC. The van der Waals surface area contributed by atoms with Gasteiger partial charge in [-0.15, -0.1) is 0 Å². The van der Waals surface area contributed by atoms with Crippen LogP contribution in [0.1, 0.15) is 96.5 Å². The Hall–Kier alpha value is -1.82. The number of unbranched alkanes of at least 4 members (excludes halogenated alkanes) is 9. The second-order valence-electron chi connectivity index (χ2n) is 9.28. The lowest BCUT2D eigenvalue weighted by Gasteiger charge is -2.41. The van der Waals surface area contributed by atoms with Crippen LogP contribution in [0.15, 0.2) is 6.07 Å². The van der Waals surface area contributed by atoms with Crippen LogP contribution in [0.5, 0.6) is 0 Å². The predicted octanol–water partition coefficient (Wildman–Crippen LogP) is 10.5. The summed E-state index contributed by atoms with van der Waals surface area (Å²) in [5, 5.41) is 0. The highest BCUT2D eigenvalue weighted by atomic mass is 19.4. The minimum Gasteiger partial charge on any atom is -0.305 e. The molecule has 0 heterocycles. The standard InChI is InChI=1S/C25H33F12N/c1-3-5-7-9-10-11-13-15-38(18-16-17(26)20(27)19(21(18)28)23(31,32)33)25(36,37)24(34,35)22(29,30)14-12-8-6-4-2/h16H,3-15H2,1-2H3. The van der Waals surface area contributed by atoms with Gasteiger partial charge in [-0.05, 0) is 12.8 Å². The predicted molar refractivity (Wildman–Crippen MR) is 120 cm³/mol. The van der Waals surface area contributed by atoms with Crippen LogP contribution in [-0.4, -0.2) is 24.4 Å². The van der Waals surface area contributed by atoms with Gasteiger partial charge in [0.2, 0.25) is 0 Å². The molecule has 222 valence electrons. The van der Waals surface area contributed by atoms with Crippen molar-refractivity contribution >= 4 is 5.69 Å². The average Bonchev–Trinajstić information content (AvgIpc) is 2.80. The Kier molecular flexibility index (Phi) is 12.6. The van der Waals surface area contributed by atoms with Crippen molar-refractivity contribution in [2.45, 2.75) is 115 Å². The highest BCUT2D eigenvalue weighted by Gasteiger charge is 2.73. The lowest BCUT2D eigenvalue weighted by atomic mass is 10.00.